The van der Waals surface area contributed by atoms with Gasteiger partial charge in [-0.05, 0) is 27.0 Å². The molecule has 2 atom stereocenters. The Hall–Kier alpha value is -1.86. The Morgan fingerprint density at radius 1 is 1.30 bits per heavy atom. The first-order chi connectivity index (χ1) is 11.0. The van der Waals surface area contributed by atoms with Crippen LogP contribution in [0.1, 0.15) is 21.9 Å². The van der Waals surface area contributed by atoms with E-state index in [1.807, 2.05) is 24.8 Å². The third-order valence-electron chi connectivity index (χ3n) is 4.30. The van der Waals surface area contributed by atoms with Crippen LogP contribution in [-0.4, -0.2) is 73.2 Å². The second-order valence-corrected chi connectivity index (χ2v) is 6.14. The van der Waals surface area contributed by atoms with Crippen LogP contribution in [0.2, 0.25) is 0 Å². The molecule has 1 amide bonds. The Labute approximate surface area is 135 Å². The lowest BCUT2D eigenvalue weighted by Crippen LogP contribution is -2.44. The first-order valence-electron chi connectivity index (χ1n) is 7.68. The minimum atomic E-state index is -0.250. The third kappa shape index (κ3) is 4.11. The Morgan fingerprint density at radius 3 is 2.61 bits per heavy atom. The van der Waals surface area contributed by atoms with E-state index < -0.39 is 0 Å². The zero-order chi connectivity index (χ0) is 17.0. The van der Waals surface area contributed by atoms with Crippen LogP contribution < -0.4 is 0 Å². The maximum atomic E-state index is 12.7. The quantitative estimate of drug-likeness (QED) is 0.776. The lowest BCUT2D eigenvalue weighted by molar-refractivity contribution is -0.122. The average molecular weight is 324 g/mol. The van der Waals surface area contributed by atoms with Gasteiger partial charge in [-0.2, -0.15) is 0 Å². The summed E-state index contributed by atoms with van der Waals surface area (Å²) in [5.74, 6) is 1.99. The van der Waals surface area contributed by atoms with Gasteiger partial charge in [-0.15, -0.1) is 0 Å². The van der Waals surface area contributed by atoms with E-state index >= 15 is 0 Å². The van der Waals surface area contributed by atoms with Gasteiger partial charge in [0.1, 0.15) is 11.5 Å². The predicted molar refractivity (Wildman–Crippen MR) is 83.5 cm³/mol. The van der Waals surface area contributed by atoms with Crippen molar-refractivity contribution < 1.29 is 23.8 Å². The minimum Gasteiger partial charge on any atom is -0.483 e. The number of hydrogen-bond acceptors (Lipinski definition) is 5. The molecule has 128 valence electrons. The summed E-state index contributed by atoms with van der Waals surface area (Å²) in [5, 5.41) is 6.89. The summed E-state index contributed by atoms with van der Waals surface area (Å²) in [4.78, 5) is 25.4. The maximum Gasteiger partial charge on any atom is 0.290 e. The van der Waals surface area contributed by atoms with Crippen molar-refractivity contribution in [2.75, 3.05) is 39.9 Å². The van der Waals surface area contributed by atoms with Gasteiger partial charge in [0, 0.05) is 25.6 Å². The molecule has 0 spiro atoms. The Balaban J connectivity index is 0.000000595. The third-order valence-corrected chi connectivity index (χ3v) is 4.30. The van der Waals surface area contributed by atoms with Crippen molar-refractivity contribution in [3.8, 4) is 0 Å². The van der Waals surface area contributed by atoms with Crippen LogP contribution in [0.3, 0.4) is 0 Å². The fourth-order valence-corrected chi connectivity index (χ4v) is 3.23. The fourth-order valence-electron chi connectivity index (χ4n) is 3.23. The van der Waals surface area contributed by atoms with E-state index in [0.29, 0.717) is 29.9 Å². The van der Waals surface area contributed by atoms with E-state index in [9.17, 15) is 4.79 Å². The molecule has 2 bridgehead atoms. The van der Waals surface area contributed by atoms with Gasteiger partial charge in [0.05, 0.1) is 24.8 Å². The van der Waals surface area contributed by atoms with Crippen LogP contribution in [0.5, 0.6) is 0 Å². The summed E-state index contributed by atoms with van der Waals surface area (Å²) in [5.41, 5.74) is 0.700. The lowest BCUT2D eigenvalue weighted by atomic mass is 10.1. The Kier molecular flexibility index (Phi) is 5.79. The molecular formula is C16H24N2O5. The van der Waals surface area contributed by atoms with Gasteiger partial charge in [-0.3, -0.25) is 14.5 Å². The second kappa shape index (κ2) is 7.61. The number of carbonyl (C=O) groups is 2. The van der Waals surface area contributed by atoms with Crippen molar-refractivity contribution in [1.29, 1.82) is 0 Å². The number of hydrogen-bond donors (Lipinski definition) is 1. The number of rotatable bonds is 1. The fraction of sp³-hybridized carbons (Fsp3) is 0.625. The molecule has 2 fully saturated rings. The van der Waals surface area contributed by atoms with Crippen LogP contribution in [0.25, 0.3) is 0 Å². The van der Waals surface area contributed by atoms with Crippen molar-refractivity contribution >= 4 is 12.4 Å². The van der Waals surface area contributed by atoms with Crippen LogP contribution in [-0.2, 0) is 9.53 Å². The Morgan fingerprint density at radius 2 is 2.00 bits per heavy atom. The van der Waals surface area contributed by atoms with E-state index in [4.69, 9.17) is 19.1 Å². The standard InChI is InChI=1S/C15H22N2O3.CH2O2/c1-10-4-14(11(2)20-10)15(18)17-6-12-5-16(3)13(7-17)9-19-8-12;2-1-3/h4,12-13H,5-9H2,1-3H3;1H,(H,2,3)/t12-,13+;/m1./s1. The molecule has 0 unspecified atom stereocenters. The van der Waals surface area contributed by atoms with E-state index in [0.717, 1.165) is 32.0 Å². The zero-order valence-corrected chi connectivity index (χ0v) is 13.8. The maximum absolute atomic E-state index is 12.7. The number of furan rings is 1. The van der Waals surface area contributed by atoms with Crippen molar-refractivity contribution in [3.05, 3.63) is 23.2 Å². The van der Waals surface area contributed by atoms with Crippen LogP contribution in [0.15, 0.2) is 10.5 Å². The number of nitrogens with zero attached hydrogens (tertiary/aromatic N) is 2. The molecular weight excluding hydrogens is 300 g/mol. The summed E-state index contributed by atoms with van der Waals surface area (Å²) < 4.78 is 11.2. The molecule has 1 aromatic rings. The lowest BCUT2D eigenvalue weighted by Gasteiger charge is -2.29. The summed E-state index contributed by atoms with van der Waals surface area (Å²) in [6, 6.07) is 2.14. The number of ether oxygens (including phenoxy) is 1. The zero-order valence-electron chi connectivity index (χ0n) is 13.8. The van der Waals surface area contributed by atoms with Crippen LogP contribution in [0, 0.1) is 19.8 Å². The molecule has 2 saturated heterocycles. The van der Waals surface area contributed by atoms with Crippen LogP contribution >= 0.6 is 0 Å². The van der Waals surface area contributed by atoms with E-state index in [1.54, 1.807) is 0 Å². The molecule has 7 heteroatoms. The smallest absolute Gasteiger partial charge is 0.290 e. The molecule has 2 aliphatic heterocycles. The minimum absolute atomic E-state index is 0.0894. The second-order valence-electron chi connectivity index (χ2n) is 6.14. The molecule has 0 saturated carbocycles. The first kappa shape index (κ1) is 17.5. The molecule has 3 heterocycles. The Bertz CT molecular complexity index is 557. The van der Waals surface area contributed by atoms with Gasteiger partial charge >= 0.3 is 0 Å². The van der Waals surface area contributed by atoms with Crippen molar-refractivity contribution in [2.45, 2.75) is 19.9 Å². The number of fused-ring (bicyclic) bond motifs is 3. The highest BCUT2D eigenvalue weighted by atomic mass is 16.5. The molecule has 0 aliphatic carbocycles. The van der Waals surface area contributed by atoms with Gasteiger partial charge in [-0.25, -0.2) is 0 Å². The summed E-state index contributed by atoms with van der Waals surface area (Å²) in [7, 11) is 2.12. The SMILES string of the molecule is Cc1cc(C(=O)N2C[C@@H]3COC[C@H](C2)N(C)C3)c(C)o1.O=CO. The molecule has 3 rings (SSSR count). The summed E-state index contributed by atoms with van der Waals surface area (Å²) in [6.07, 6.45) is 0. The van der Waals surface area contributed by atoms with Gasteiger partial charge in [0.15, 0.2) is 0 Å². The topological polar surface area (TPSA) is 83.2 Å². The molecule has 1 aromatic heterocycles. The molecule has 1 N–H and O–H groups in total. The highest BCUT2D eigenvalue weighted by Gasteiger charge is 2.34. The highest BCUT2D eigenvalue weighted by molar-refractivity contribution is 5.95. The van der Waals surface area contributed by atoms with Gasteiger partial charge < -0.3 is 19.2 Å². The number of aryl methyl sites for hydroxylation is 2. The summed E-state index contributed by atoms with van der Waals surface area (Å²) in [6.45, 7) is 7.43. The number of carbonyl (C=O) groups excluding carboxylic acids is 1. The predicted octanol–water partition coefficient (Wildman–Crippen LogP) is 1.000. The van der Waals surface area contributed by atoms with E-state index in [2.05, 4.69) is 11.9 Å². The number of carboxylic acid groups (broad SMARTS) is 1. The van der Waals surface area contributed by atoms with Crippen molar-refractivity contribution in [3.63, 3.8) is 0 Å². The van der Waals surface area contributed by atoms with Gasteiger partial charge in [0.25, 0.3) is 12.4 Å². The van der Waals surface area contributed by atoms with Gasteiger partial charge in [-0.1, -0.05) is 0 Å². The van der Waals surface area contributed by atoms with Crippen molar-refractivity contribution in [1.82, 2.24) is 9.80 Å². The highest BCUT2D eigenvalue weighted by Crippen LogP contribution is 2.22. The number of amides is 1. The van der Waals surface area contributed by atoms with Gasteiger partial charge in [0.2, 0.25) is 0 Å². The average Bonchev–Trinajstić information content (AvgIpc) is 2.62. The van der Waals surface area contributed by atoms with E-state index in [1.165, 1.54) is 0 Å². The number of likely N-dealkylation sites (N-methyl/N-ethyl adjacent to an activating group) is 1. The molecule has 0 aromatic carbocycles. The normalized spacial score (nSPS) is 24.4. The largest absolute Gasteiger partial charge is 0.483 e. The molecule has 23 heavy (non-hydrogen) atoms. The molecule has 2 aliphatic rings. The van der Waals surface area contributed by atoms with E-state index in [-0.39, 0.29) is 12.4 Å². The molecule has 0 radical (unpaired) electrons. The van der Waals surface area contributed by atoms with Crippen molar-refractivity contribution in [2.24, 2.45) is 5.92 Å². The molecule has 7 nitrogen and oxygen atoms in total. The summed E-state index contributed by atoms with van der Waals surface area (Å²) >= 11 is 0. The first-order valence-corrected chi connectivity index (χ1v) is 7.68. The monoisotopic (exact) mass is 324 g/mol. The van der Waals surface area contributed by atoms with Crippen LogP contribution in [0.4, 0.5) is 0 Å².